The maximum absolute atomic E-state index is 13.4. The number of hydrogen-bond acceptors (Lipinski definition) is 1. The molecule has 0 spiro atoms. The number of anilines is 1. The molecule has 1 N–H and O–H groups in total. The summed E-state index contributed by atoms with van der Waals surface area (Å²) in [5.41, 5.74) is 0.800. The van der Waals surface area contributed by atoms with Gasteiger partial charge in [0, 0.05) is 0 Å². The van der Waals surface area contributed by atoms with Gasteiger partial charge in [0.1, 0.15) is 0 Å². The molecular weight excluding hydrogens is 453 g/mol. The summed E-state index contributed by atoms with van der Waals surface area (Å²) in [4.78, 5) is 13.4. The predicted molar refractivity (Wildman–Crippen MR) is 134 cm³/mol. The van der Waals surface area contributed by atoms with Crippen LogP contribution in [0, 0.1) is 0 Å². The zero-order valence-electron chi connectivity index (χ0n) is 16.5. The molecule has 0 bridgehead atoms. The van der Waals surface area contributed by atoms with E-state index in [9.17, 15) is 4.79 Å². The average molecular weight is 476 g/mol. The van der Waals surface area contributed by atoms with Crippen LogP contribution >= 0.6 is 20.8 Å². The van der Waals surface area contributed by atoms with Crippen LogP contribution in [-0.4, -0.2) is 12.1 Å². The number of hydrogen-bond donors (Lipinski definition) is 1. The van der Waals surface area contributed by atoms with Crippen LogP contribution in [0.25, 0.3) is 0 Å². The van der Waals surface area contributed by atoms with Crippen LogP contribution in [0.4, 0.5) is 5.69 Å². The predicted octanol–water partition coefficient (Wildman–Crippen LogP) is 5.46. The summed E-state index contributed by atoms with van der Waals surface area (Å²) in [6, 6.07) is 40.7. The minimum atomic E-state index is -3.26. The van der Waals surface area contributed by atoms with Gasteiger partial charge in [-0.25, -0.2) is 0 Å². The second-order valence-corrected chi connectivity index (χ2v) is 16.2. The second-order valence-electron chi connectivity index (χ2n) is 7.26. The molecule has 0 unspecified atom stereocenters. The molecule has 150 valence electrons. The van der Waals surface area contributed by atoms with E-state index < -0.39 is 5.31 Å². The molecule has 0 fully saturated rings. The number of rotatable bonds is 6. The van der Waals surface area contributed by atoms with E-state index in [-0.39, 0.29) is 5.91 Å². The fraction of sp³-hybridized carbons (Fsp3) is 0.0385. The van der Waals surface area contributed by atoms with Crippen molar-refractivity contribution in [3.8, 4) is 0 Å². The molecule has 0 aliphatic rings. The molecule has 4 rings (SSSR count). The van der Waals surface area contributed by atoms with Crippen molar-refractivity contribution in [2.24, 2.45) is 0 Å². The Morgan fingerprint density at radius 1 is 0.600 bits per heavy atom. The molecule has 0 aliphatic carbocycles. The number of para-hydroxylation sites is 1. The third-order valence-corrected chi connectivity index (χ3v) is 14.8. The third kappa shape index (κ3) is 3.71. The van der Waals surface area contributed by atoms with E-state index in [1.807, 2.05) is 84.9 Å². The van der Waals surface area contributed by atoms with Crippen molar-refractivity contribution >= 4 is 48.3 Å². The number of carbonyl (C=O) groups is 1. The SMILES string of the molecule is O=C(CP(Br)(c1ccccc1)(c1ccccc1)c1ccccc1)Nc1ccccc1. The van der Waals surface area contributed by atoms with Gasteiger partial charge in [0.15, 0.2) is 0 Å². The number of benzene rings is 4. The summed E-state index contributed by atoms with van der Waals surface area (Å²) in [7, 11) is 0. The van der Waals surface area contributed by atoms with Crippen molar-refractivity contribution in [3.63, 3.8) is 0 Å². The summed E-state index contributed by atoms with van der Waals surface area (Å²) >= 11 is 4.30. The van der Waals surface area contributed by atoms with Gasteiger partial charge in [-0.1, -0.05) is 0 Å². The fourth-order valence-electron chi connectivity index (χ4n) is 3.93. The molecule has 0 aromatic heterocycles. The van der Waals surface area contributed by atoms with Gasteiger partial charge in [-0.3, -0.25) is 0 Å². The van der Waals surface area contributed by atoms with Crippen LogP contribution in [0.2, 0.25) is 0 Å². The van der Waals surface area contributed by atoms with E-state index in [4.69, 9.17) is 0 Å². The Morgan fingerprint density at radius 3 is 1.30 bits per heavy atom. The van der Waals surface area contributed by atoms with Gasteiger partial charge in [0.25, 0.3) is 0 Å². The number of halogens is 1. The van der Waals surface area contributed by atoms with E-state index in [2.05, 4.69) is 57.2 Å². The zero-order chi connectivity index (χ0) is 20.9. The van der Waals surface area contributed by atoms with Gasteiger partial charge in [-0.2, -0.15) is 0 Å². The zero-order valence-corrected chi connectivity index (χ0v) is 19.0. The first-order valence-electron chi connectivity index (χ1n) is 9.86. The van der Waals surface area contributed by atoms with Crippen molar-refractivity contribution < 1.29 is 4.79 Å². The Bertz CT molecular complexity index is 1020. The number of nitrogens with one attached hydrogen (secondary N) is 1. The Hall–Kier alpha value is -2.74. The topological polar surface area (TPSA) is 29.1 Å². The molecule has 0 aliphatic heterocycles. The molecular formula is C26H23BrNOP. The van der Waals surface area contributed by atoms with Crippen LogP contribution in [0.3, 0.4) is 0 Å². The molecule has 4 aromatic rings. The van der Waals surface area contributed by atoms with Gasteiger partial charge >= 0.3 is 186 Å². The molecule has 0 atom stereocenters. The number of carbonyl (C=O) groups excluding carboxylic acids is 1. The summed E-state index contributed by atoms with van der Waals surface area (Å²) in [6.45, 7) is 0. The van der Waals surface area contributed by atoms with E-state index >= 15 is 0 Å². The van der Waals surface area contributed by atoms with E-state index in [1.54, 1.807) is 0 Å². The standard InChI is InChI=1S/C26H23BrNOP/c27-30(23-15-7-2-8-16-23,24-17-9-3-10-18-24,25-19-11-4-12-20-25)21-26(29)28-22-13-5-1-6-14-22/h1-20H,21H2,(H,28,29). The van der Waals surface area contributed by atoms with Crippen LogP contribution < -0.4 is 21.2 Å². The first-order chi connectivity index (χ1) is 14.6. The van der Waals surface area contributed by atoms with Crippen LogP contribution in [0.5, 0.6) is 0 Å². The molecule has 4 aromatic carbocycles. The number of amides is 1. The van der Waals surface area contributed by atoms with Crippen molar-refractivity contribution in [2.75, 3.05) is 11.5 Å². The maximum atomic E-state index is 13.4. The van der Waals surface area contributed by atoms with Crippen molar-refractivity contribution in [3.05, 3.63) is 121 Å². The van der Waals surface area contributed by atoms with Gasteiger partial charge in [0.2, 0.25) is 0 Å². The van der Waals surface area contributed by atoms with Crippen molar-refractivity contribution in [1.29, 1.82) is 0 Å². The Kier molecular flexibility index (Phi) is 5.85. The van der Waals surface area contributed by atoms with Gasteiger partial charge in [-0.05, 0) is 0 Å². The van der Waals surface area contributed by atoms with Crippen LogP contribution in [0.1, 0.15) is 0 Å². The van der Waals surface area contributed by atoms with E-state index in [0.717, 1.165) is 21.6 Å². The van der Waals surface area contributed by atoms with Gasteiger partial charge in [-0.15, -0.1) is 0 Å². The monoisotopic (exact) mass is 475 g/mol. The first-order valence-corrected chi connectivity index (χ1v) is 14.3. The molecule has 1 amide bonds. The van der Waals surface area contributed by atoms with Crippen molar-refractivity contribution in [2.45, 2.75) is 0 Å². The van der Waals surface area contributed by atoms with Crippen LogP contribution in [0.15, 0.2) is 121 Å². The summed E-state index contributed by atoms with van der Waals surface area (Å²) < 4.78 is 0. The summed E-state index contributed by atoms with van der Waals surface area (Å²) in [6.07, 6.45) is 0.318. The van der Waals surface area contributed by atoms with Gasteiger partial charge in [0.05, 0.1) is 0 Å². The normalized spacial score (nSPS) is 12.5. The molecule has 0 radical (unpaired) electrons. The quantitative estimate of drug-likeness (QED) is 0.368. The summed E-state index contributed by atoms with van der Waals surface area (Å²) in [5, 5.41) is 3.23. The average Bonchev–Trinajstić information content (AvgIpc) is 2.81. The minimum absolute atomic E-state index is 0.0210. The Morgan fingerprint density at radius 2 is 0.933 bits per heavy atom. The Balaban J connectivity index is 1.93. The molecule has 0 saturated heterocycles. The third-order valence-electron chi connectivity index (χ3n) is 5.38. The van der Waals surface area contributed by atoms with Gasteiger partial charge < -0.3 is 0 Å². The molecule has 0 heterocycles. The Labute approximate surface area is 185 Å². The van der Waals surface area contributed by atoms with Crippen LogP contribution in [-0.2, 0) is 4.79 Å². The molecule has 4 heteroatoms. The molecule has 2 nitrogen and oxygen atoms in total. The van der Waals surface area contributed by atoms with E-state index in [1.165, 1.54) is 0 Å². The fourth-order valence-corrected chi connectivity index (χ4v) is 11.2. The van der Waals surface area contributed by atoms with Crippen molar-refractivity contribution in [1.82, 2.24) is 0 Å². The molecule has 30 heavy (non-hydrogen) atoms. The van der Waals surface area contributed by atoms with E-state index in [0.29, 0.717) is 6.16 Å². The molecule has 0 saturated carbocycles. The second kappa shape index (κ2) is 8.55. The first kappa shape index (κ1) is 20.5. The summed E-state index contributed by atoms with van der Waals surface area (Å²) in [5.74, 6) is -0.0210.